The molecule has 0 aliphatic rings. The van der Waals surface area contributed by atoms with Crippen molar-refractivity contribution in [3.8, 4) is 5.88 Å². The van der Waals surface area contributed by atoms with Gasteiger partial charge in [-0.1, -0.05) is 0 Å². The van der Waals surface area contributed by atoms with E-state index >= 15 is 0 Å². The lowest BCUT2D eigenvalue weighted by Crippen LogP contribution is -2.25. The van der Waals surface area contributed by atoms with Crippen LogP contribution in [0.1, 0.15) is 6.92 Å². The highest BCUT2D eigenvalue weighted by atomic mass is 16.6. The van der Waals surface area contributed by atoms with E-state index in [0.29, 0.717) is 0 Å². The van der Waals surface area contributed by atoms with Gasteiger partial charge in [0.2, 0.25) is 0 Å². The number of hydrogen-bond donors (Lipinski definition) is 0. The van der Waals surface area contributed by atoms with Gasteiger partial charge < -0.3 is 9.47 Å². The van der Waals surface area contributed by atoms with Crippen molar-refractivity contribution in [1.29, 1.82) is 0 Å². The van der Waals surface area contributed by atoms with Gasteiger partial charge in [0, 0.05) is 12.3 Å². The molecule has 1 aromatic heterocycles. The van der Waals surface area contributed by atoms with Gasteiger partial charge in [0.25, 0.3) is 5.88 Å². The number of carbonyl (C=O) groups excluding carboxylic acids is 1. The van der Waals surface area contributed by atoms with Crippen molar-refractivity contribution in [2.24, 2.45) is 0 Å². The molecule has 0 aromatic carbocycles. The SMILES string of the molecule is COC(=O)[C@@H](C)Oc1ncccc1[N+](=O)[O-]. The first-order valence-corrected chi connectivity index (χ1v) is 4.40. The van der Waals surface area contributed by atoms with Crippen LogP contribution in [0.25, 0.3) is 0 Å². The highest BCUT2D eigenvalue weighted by Gasteiger charge is 2.22. The molecule has 0 fully saturated rings. The van der Waals surface area contributed by atoms with E-state index in [1.54, 1.807) is 0 Å². The van der Waals surface area contributed by atoms with Crippen molar-refractivity contribution < 1.29 is 19.2 Å². The van der Waals surface area contributed by atoms with Gasteiger partial charge in [-0.25, -0.2) is 9.78 Å². The molecule has 0 saturated carbocycles. The van der Waals surface area contributed by atoms with Crippen molar-refractivity contribution in [2.75, 3.05) is 7.11 Å². The third-order valence-electron chi connectivity index (χ3n) is 1.77. The maximum atomic E-state index is 11.1. The van der Waals surface area contributed by atoms with Crippen LogP contribution >= 0.6 is 0 Å². The molecule has 0 radical (unpaired) electrons. The van der Waals surface area contributed by atoms with Crippen LogP contribution in [0.15, 0.2) is 18.3 Å². The molecule has 16 heavy (non-hydrogen) atoms. The molecule has 1 aromatic rings. The maximum absolute atomic E-state index is 11.1. The molecule has 7 heteroatoms. The Balaban J connectivity index is 2.88. The lowest BCUT2D eigenvalue weighted by molar-refractivity contribution is -0.386. The summed E-state index contributed by atoms with van der Waals surface area (Å²) in [7, 11) is 1.20. The summed E-state index contributed by atoms with van der Waals surface area (Å²) >= 11 is 0. The van der Waals surface area contributed by atoms with Gasteiger partial charge in [-0.3, -0.25) is 10.1 Å². The summed E-state index contributed by atoms with van der Waals surface area (Å²) < 4.78 is 9.46. The Hall–Kier alpha value is -2.18. The topological polar surface area (TPSA) is 91.6 Å². The molecular formula is C9H10N2O5. The highest BCUT2D eigenvalue weighted by Crippen LogP contribution is 2.23. The molecule has 86 valence electrons. The molecule has 1 rings (SSSR count). The predicted octanol–water partition coefficient (Wildman–Crippen LogP) is 0.930. The van der Waals surface area contributed by atoms with E-state index in [4.69, 9.17) is 4.74 Å². The van der Waals surface area contributed by atoms with Crippen molar-refractivity contribution in [1.82, 2.24) is 4.98 Å². The van der Waals surface area contributed by atoms with Crippen molar-refractivity contribution in [3.05, 3.63) is 28.4 Å². The van der Waals surface area contributed by atoms with Gasteiger partial charge in [0.1, 0.15) is 0 Å². The molecule has 0 aliphatic carbocycles. The van der Waals surface area contributed by atoms with Gasteiger partial charge in [-0.05, 0) is 13.0 Å². The average Bonchev–Trinajstić information content (AvgIpc) is 2.28. The van der Waals surface area contributed by atoms with Crippen LogP contribution in [0.4, 0.5) is 5.69 Å². The number of methoxy groups -OCH3 is 1. The quantitative estimate of drug-likeness (QED) is 0.431. The first-order chi connectivity index (χ1) is 7.56. The monoisotopic (exact) mass is 226 g/mol. The Bertz CT molecular complexity index is 407. The summed E-state index contributed by atoms with van der Waals surface area (Å²) in [5.74, 6) is -0.828. The summed E-state index contributed by atoms with van der Waals surface area (Å²) in [6, 6.07) is 2.65. The molecule has 1 heterocycles. The van der Waals surface area contributed by atoms with E-state index in [1.807, 2.05) is 0 Å². The number of esters is 1. The van der Waals surface area contributed by atoms with E-state index in [1.165, 1.54) is 32.4 Å². The first kappa shape index (κ1) is 11.9. The summed E-state index contributed by atoms with van der Waals surface area (Å²) in [5.41, 5.74) is -0.293. The van der Waals surface area contributed by atoms with Gasteiger partial charge in [0.15, 0.2) is 6.10 Å². The third kappa shape index (κ3) is 2.66. The number of ether oxygens (including phenoxy) is 2. The van der Waals surface area contributed by atoms with Crippen LogP contribution in [0.2, 0.25) is 0 Å². The largest absolute Gasteiger partial charge is 0.466 e. The Morgan fingerprint density at radius 1 is 1.62 bits per heavy atom. The first-order valence-electron chi connectivity index (χ1n) is 4.40. The van der Waals surface area contributed by atoms with Gasteiger partial charge in [-0.15, -0.1) is 0 Å². The minimum Gasteiger partial charge on any atom is -0.466 e. The number of pyridine rings is 1. The summed E-state index contributed by atoms with van der Waals surface area (Å²) in [5, 5.41) is 10.6. The molecule has 1 atom stereocenters. The van der Waals surface area contributed by atoms with E-state index in [0.717, 1.165) is 0 Å². The van der Waals surface area contributed by atoms with Crippen molar-refractivity contribution in [3.63, 3.8) is 0 Å². The fourth-order valence-electron chi connectivity index (χ4n) is 0.994. The number of nitrogens with zero attached hydrogens (tertiary/aromatic N) is 2. The Labute approximate surface area is 91.2 Å². The van der Waals surface area contributed by atoms with E-state index < -0.39 is 17.0 Å². The van der Waals surface area contributed by atoms with Crippen LogP contribution < -0.4 is 4.74 Å². The minimum atomic E-state index is -0.946. The lowest BCUT2D eigenvalue weighted by atomic mass is 10.4. The number of hydrogen-bond acceptors (Lipinski definition) is 6. The number of rotatable bonds is 4. The van der Waals surface area contributed by atoms with Crippen LogP contribution in [0.5, 0.6) is 5.88 Å². The van der Waals surface area contributed by atoms with Crippen molar-refractivity contribution in [2.45, 2.75) is 13.0 Å². The third-order valence-corrected chi connectivity index (χ3v) is 1.77. The zero-order chi connectivity index (χ0) is 12.1. The average molecular weight is 226 g/mol. The number of carbonyl (C=O) groups is 1. The summed E-state index contributed by atoms with van der Waals surface area (Å²) in [6.45, 7) is 1.42. The Kier molecular flexibility index (Phi) is 3.76. The van der Waals surface area contributed by atoms with Crippen LogP contribution in [0, 0.1) is 10.1 Å². The Morgan fingerprint density at radius 3 is 2.88 bits per heavy atom. The summed E-state index contributed by atoms with van der Waals surface area (Å²) in [6.07, 6.45) is 0.394. The van der Waals surface area contributed by atoms with Crippen LogP contribution in [0.3, 0.4) is 0 Å². The molecule has 7 nitrogen and oxygen atoms in total. The summed E-state index contributed by atoms with van der Waals surface area (Å²) in [4.78, 5) is 24.7. The highest BCUT2D eigenvalue weighted by molar-refractivity contribution is 5.74. The standard InChI is InChI=1S/C9H10N2O5/c1-6(9(12)15-2)16-8-7(11(13)14)4-3-5-10-8/h3-6H,1-2H3/t6-/m1/s1. The van der Waals surface area contributed by atoms with Crippen LogP contribution in [-0.4, -0.2) is 29.1 Å². The second-order valence-electron chi connectivity index (χ2n) is 2.87. The maximum Gasteiger partial charge on any atom is 0.346 e. The van der Waals surface area contributed by atoms with Gasteiger partial charge in [0.05, 0.1) is 12.0 Å². The second-order valence-corrected chi connectivity index (χ2v) is 2.87. The molecule has 0 aliphatic heterocycles. The molecule has 0 amide bonds. The zero-order valence-corrected chi connectivity index (χ0v) is 8.75. The van der Waals surface area contributed by atoms with E-state index in [2.05, 4.69) is 9.72 Å². The fraction of sp³-hybridized carbons (Fsp3) is 0.333. The molecular weight excluding hydrogens is 216 g/mol. The predicted molar refractivity (Wildman–Crippen MR) is 53.0 cm³/mol. The molecule has 0 saturated heterocycles. The fourth-order valence-corrected chi connectivity index (χ4v) is 0.994. The lowest BCUT2D eigenvalue weighted by Gasteiger charge is -2.10. The zero-order valence-electron chi connectivity index (χ0n) is 8.75. The van der Waals surface area contributed by atoms with Crippen LogP contribution in [-0.2, 0) is 9.53 Å². The molecule has 0 N–H and O–H groups in total. The van der Waals surface area contributed by atoms with Gasteiger partial charge in [-0.2, -0.15) is 0 Å². The minimum absolute atomic E-state index is 0.203. The number of nitro groups is 1. The van der Waals surface area contributed by atoms with E-state index in [-0.39, 0.29) is 11.6 Å². The molecule has 0 bridgehead atoms. The smallest absolute Gasteiger partial charge is 0.346 e. The van der Waals surface area contributed by atoms with E-state index in [9.17, 15) is 14.9 Å². The van der Waals surface area contributed by atoms with Gasteiger partial charge >= 0.3 is 11.7 Å². The molecule has 0 unspecified atom stereocenters. The second kappa shape index (κ2) is 5.06. The van der Waals surface area contributed by atoms with Crippen molar-refractivity contribution >= 4 is 11.7 Å². The number of aromatic nitrogens is 1. The Morgan fingerprint density at radius 2 is 2.31 bits per heavy atom. The normalized spacial score (nSPS) is 11.6. The molecule has 0 spiro atoms.